The van der Waals surface area contributed by atoms with Gasteiger partial charge >= 0.3 is 5.57 Å². The SMILES string of the molecule is Cc1ncsc1-c1ccc(CNC(=O)[C@@H]2C[C@@H](O)CN2C(=O)C(C)(C)[C@H](C)NC(=O)CCOC2CCN(c3ncc(C(=O)Nc4ccc(OC(F)(F)Cl)cc4)cc3Br)C2)cc1. The number of halogens is 4. The third-order valence-corrected chi connectivity index (χ3v) is 12.5. The van der Waals surface area contributed by atoms with Crippen molar-refractivity contribution in [3.63, 3.8) is 0 Å². The zero-order chi connectivity index (χ0) is 44.1. The van der Waals surface area contributed by atoms with E-state index in [4.69, 9.17) is 16.3 Å². The lowest BCUT2D eigenvalue weighted by Crippen LogP contribution is -2.55. The van der Waals surface area contributed by atoms with Gasteiger partial charge in [0.2, 0.25) is 17.7 Å². The number of hydrogen-bond acceptors (Lipinski definition) is 11. The van der Waals surface area contributed by atoms with Gasteiger partial charge in [-0.1, -0.05) is 24.3 Å². The topological polar surface area (TPSA) is 175 Å². The fourth-order valence-corrected chi connectivity index (χ4v) is 8.60. The first-order valence-corrected chi connectivity index (χ1v) is 21.7. The van der Waals surface area contributed by atoms with E-state index in [1.54, 1.807) is 43.7 Å². The third-order valence-electron chi connectivity index (χ3n) is 10.8. The van der Waals surface area contributed by atoms with Gasteiger partial charge in [0.1, 0.15) is 17.6 Å². The summed E-state index contributed by atoms with van der Waals surface area (Å²) in [5, 5.41) is 19.1. The van der Waals surface area contributed by atoms with Crippen LogP contribution in [0.3, 0.4) is 0 Å². The van der Waals surface area contributed by atoms with Crippen LogP contribution in [0.15, 0.2) is 70.8 Å². The average Bonchev–Trinajstić information content (AvgIpc) is 3.97. The van der Waals surface area contributed by atoms with E-state index in [1.165, 1.54) is 35.4 Å². The Labute approximate surface area is 369 Å². The number of carbonyl (C=O) groups is 4. The van der Waals surface area contributed by atoms with Gasteiger partial charge in [-0.15, -0.1) is 20.1 Å². The molecular weight excluding hydrogens is 900 g/mol. The number of rotatable bonds is 16. The number of aryl methyl sites for hydroxylation is 1. The Hall–Kier alpha value is -4.75. The van der Waals surface area contributed by atoms with E-state index < -0.39 is 35.1 Å². The number of aliphatic hydroxyl groups is 1. The largest absolute Gasteiger partial charge is 0.487 e. The number of nitrogens with zero attached hydrogens (tertiary/aromatic N) is 4. The highest BCUT2D eigenvalue weighted by atomic mass is 79.9. The van der Waals surface area contributed by atoms with Gasteiger partial charge in [-0.2, -0.15) is 0 Å². The molecule has 4 amide bonds. The maximum absolute atomic E-state index is 13.9. The van der Waals surface area contributed by atoms with Crippen LogP contribution >= 0.6 is 38.9 Å². The number of aliphatic hydroxyl groups excluding tert-OH is 1. The molecule has 1 unspecified atom stereocenters. The van der Waals surface area contributed by atoms with Crippen molar-refractivity contribution in [2.75, 3.05) is 36.5 Å². The Bertz CT molecular complexity index is 2210. The molecule has 2 aliphatic heterocycles. The minimum absolute atomic E-state index is 0.0121. The van der Waals surface area contributed by atoms with Crippen molar-refractivity contribution in [1.29, 1.82) is 0 Å². The molecule has 2 fully saturated rings. The molecule has 0 saturated carbocycles. The summed E-state index contributed by atoms with van der Waals surface area (Å²) in [6.45, 7) is 8.68. The molecule has 2 aliphatic rings. The maximum atomic E-state index is 13.9. The number of nitrogens with one attached hydrogen (secondary N) is 3. The number of alkyl halides is 3. The summed E-state index contributed by atoms with van der Waals surface area (Å²) in [6.07, 6.45) is 1.25. The van der Waals surface area contributed by atoms with Gasteiger partial charge in [0.25, 0.3) is 5.91 Å². The Kier molecular flexibility index (Phi) is 14.7. The molecule has 4 heterocycles. The predicted octanol–water partition coefficient (Wildman–Crippen LogP) is 6.49. The Morgan fingerprint density at radius 2 is 1.80 bits per heavy atom. The summed E-state index contributed by atoms with van der Waals surface area (Å²) in [5.41, 5.74) is 0.371. The van der Waals surface area contributed by atoms with Crippen molar-refractivity contribution in [2.24, 2.45) is 5.41 Å². The third kappa shape index (κ3) is 11.8. The second-order valence-corrected chi connectivity index (χ2v) is 17.7. The summed E-state index contributed by atoms with van der Waals surface area (Å²) >= 11 is 9.87. The molecule has 61 heavy (non-hydrogen) atoms. The van der Waals surface area contributed by atoms with Crippen LogP contribution < -0.4 is 25.6 Å². The van der Waals surface area contributed by atoms with Gasteiger partial charge in [-0.05, 0) is 91.5 Å². The number of thiazole rings is 1. The van der Waals surface area contributed by atoms with Crippen molar-refractivity contribution < 1.29 is 42.5 Å². The van der Waals surface area contributed by atoms with E-state index in [9.17, 15) is 33.1 Å². The summed E-state index contributed by atoms with van der Waals surface area (Å²) in [6, 6.07) is 13.3. The second kappa shape index (κ2) is 19.5. The molecule has 0 spiro atoms. The lowest BCUT2D eigenvalue weighted by molar-refractivity contribution is -0.147. The molecule has 0 bridgehead atoms. The molecule has 19 heteroatoms. The van der Waals surface area contributed by atoms with E-state index in [-0.39, 0.29) is 67.7 Å². The lowest BCUT2D eigenvalue weighted by Gasteiger charge is -2.36. The first-order valence-electron chi connectivity index (χ1n) is 19.6. The average molecular weight is 947 g/mol. The summed E-state index contributed by atoms with van der Waals surface area (Å²) in [4.78, 5) is 66.5. The van der Waals surface area contributed by atoms with Crippen molar-refractivity contribution in [2.45, 2.75) is 83.4 Å². The minimum atomic E-state index is -3.85. The highest BCUT2D eigenvalue weighted by molar-refractivity contribution is 9.10. The molecule has 4 aromatic rings. The molecule has 6 rings (SSSR count). The van der Waals surface area contributed by atoms with Crippen LogP contribution in [0.1, 0.15) is 61.6 Å². The van der Waals surface area contributed by atoms with Crippen LogP contribution in [0, 0.1) is 12.3 Å². The highest BCUT2D eigenvalue weighted by Crippen LogP contribution is 2.32. The van der Waals surface area contributed by atoms with Crippen LogP contribution in [0.25, 0.3) is 10.4 Å². The Morgan fingerprint density at radius 3 is 2.46 bits per heavy atom. The molecule has 14 nitrogen and oxygen atoms in total. The molecular formula is C42H47BrClF2N7O7S. The minimum Gasteiger partial charge on any atom is -0.420 e. The summed E-state index contributed by atoms with van der Waals surface area (Å²) < 4.78 is 36.7. The zero-order valence-electron chi connectivity index (χ0n) is 33.9. The number of β-amino-alcohol motifs (C(OH)–C–C–N with tert-alkyl or cyclic N) is 1. The highest BCUT2D eigenvalue weighted by Gasteiger charge is 2.46. The van der Waals surface area contributed by atoms with Gasteiger partial charge in [-0.25, -0.2) is 9.97 Å². The smallest absolute Gasteiger partial charge is 0.420 e. The van der Waals surface area contributed by atoms with E-state index in [0.29, 0.717) is 35.5 Å². The number of likely N-dealkylation sites (tertiary alicyclic amines) is 1. The second-order valence-electron chi connectivity index (χ2n) is 15.6. The number of benzene rings is 2. The standard InChI is InChI=1S/C42H47BrClF2N7O7S/c1-24-36(61-23-49-24)27-7-5-26(6-8-27)19-48-39(57)34-18-30(54)21-53(34)40(58)41(3,4)25(2)50-35(55)14-16-59-32-13-15-52(22-32)37-33(43)17-28(20-47-37)38(56)51-29-9-11-31(12-10-29)60-42(44,45)46/h5-12,17,20,23,25,30,32,34,54H,13-16,18-19,21-22H2,1-4H3,(H,48,57)(H,50,55)(H,51,56)/t25-,30+,32?,34-/m0/s1. The first-order chi connectivity index (χ1) is 28.9. The lowest BCUT2D eigenvalue weighted by atomic mass is 9.83. The van der Waals surface area contributed by atoms with Gasteiger partial charge in [0, 0.05) is 68.5 Å². The zero-order valence-corrected chi connectivity index (χ0v) is 37.1. The number of amides is 4. The predicted molar refractivity (Wildman–Crippen MR) is 231 cm³/mol. The molecule has 0 radical (unpaired) electrons. The first kappa shape index (κ1) is 45.8. The van der Waals surface area contributed by atoms with E-state index in [1.807, 2.05) is 36.1 Å². The van der Waals surface area contributed by atoms with Crippen LogP contribution in [-0.2, 0) is 25.7 Å². The van der Waals surface area contributed by atoms with E-state index >= 15 is 0 Å². The van der Waals surface area contributed by atoms with Crippen LogP contribution in [0.5, 0.6) is 5.75 Å². The molecule has 4 atom stereocenters. The normalized spacial score (nSPS) is 18.5. The maximum Gasteiger partial charge on any atom is 0.487 e. The quantitative estimate of drug-likeness (QED) is 0.0910. The van der Waals surface area contributed by atoms with Crippen LogP contribution in [-0.4, -0.2) is 99.7 Å². The van der Waals surface area contributed by atoms with Crippen LogP contribution in [0.4, 0.5) is 20.3 Å². The van der Waals surface area contributed by atoms with Crippen molar-refractivity contribution in [1.82, 2.24) is 25.5 Å². The number of pyridine rings is 1. The molecule has 2 aromatic heterocycles. The molecule has 2 saturated heterocycles. The fourth-order valence-electron chi connectivity index (χ4n) is 7.10. The number of carbonyl (C=O) groups excluding carboxylic acids is 4. The Balaban J connectivity index is 0.930. The van der Waals surface area contributed by atoms with Crippen molar-refractivity contribution in [3.8, 4) is 16.2 Å². The Morgan fingerprint density at radius 1 is 1.08 bits per heavy atom. The van der Waals surface area contributed by atoms with Gasteiger partial charge < -0.3 is 40.3 Å². The molecule has 2 aromatic carbocycles. The van der Waals surface area contributed by atoms with Gasteiger partial charge in [0.05, 0.1) is 50.3 Å². The summed E-state index contributed by atoms with van der Waals surface area (Å²) in [5.74, 6) is -1.02. The van der Waals surface area contributed by atoms with Gasteiger partial charge in [0.15, 0.2) is 0 Å². The number of hydrogen-bond donors (Lipinski definition) is 4. The number of anilines is 2. The summed E-state index contributed by atoms with van der Waals surface area (Å²) in [7, 11) is 0. The van der Waals surface area contributed by atoms with Crippen LogP contribution in [0.2, 0.25) is 0 Å². The number of aromatic nitrogens is 2. The van der Waals surface area contributed by atoms with Crippen molar-refractivity contribution >= 4 is 74.0 Å². The van der Waals surface area contributed by atoms with Crippen molar-refractivity contribution in [3.05, 3.63) is 87.6 Å². The monoisotopic (exact) mass is 945 g/mol. The van der Waals surface area contributed by atoms with E-state index in [2.05, 4.69) is 46.6 Å². The molecule has 0 aliphatic carbocycles. The van der Waals surface area contributed by atoms with Gasteiger partial charge in [-0.3, -0.25) is 19.2 Å². The molecule has 326 valence electrons. The molecule has 4 N–H and O–H groups in total. The fraction of sp³-hybridized carbons (Fsp3) is 0.429. The van der Waals surface area contributed by atoms with E-state index in [0.717, 1.165) is 21.7 Å². The number of ether oxygens (including phenoxy) is 2.